The molecule has 0 saturated heterocycles. The third-order valence-electron chi connectivity index (χ3n) is 6.46. The Morgan fingerprint density at radius 3 is 2.43 bits per heavy atom. The Hall–Kier alpha value is -2.10. The molecule has 28 heavy (non-hydrogen) atoms. The minimum Gasteiger partial charge on any atom is -0.247 e. The highest BCUT2D eigenvalue weighted by Gasteiger charge is 2.30. The van der Waals surface area contributed by atoms with E-state index in [1.54, 1.807) is 0 Å². The lowest BCUT2D eigenvalue weighted by atomic mass is 9.76. The van der Waals surface area contributed by atoms with Gasteiger partial charge in [0.1, 0.15) is 6.17 Å². The van der Waals surface area contributed by atoms with Crippen molar-refractivity contribution < 1.29 is 17.6 Å². The summed E-state index contributed by atoms with van der Waals surface area (Å²) in [5.41, 5.74) is 3.64. The van der Waals surface area contributed by atoms with Crippen LogP contribution < -0.4 is 0 Å². The number of rotatable bonds is 3. The normalized spacial score (nSPS) is 24.6. The number of allylic oxidation sites excluding steroid dienone is 2. The van der Waals surface area contributed by atoms with Crippen molar-refractivity contribution >= 4 is 5.57 Å². The van der Waals surface area contributed by atoms with Gasteiger partial charge in [0.05, 0.1) is 0 Å². The molecule has 0 radical (unpaired) electrons. The van der Waals surface area contributed by atoms with Gasteiger partial charge in [-0.3, -0.25) is 0 Å². The van der Waals surface area contributed by atoms with Gasteiger partial charge in [0.2, 0.25) is 0 Å². The van der Waals surface area contributed by atoms with E-state index in [0.29, 0.717) is 24.3 Å². The van der Waals surface area contributed by atoms with Crippen LogP contribution in [0.5, 0.6) is 0 Å². The number of benzene rings is 2. The van der Waals surface area contributed by atoms with E-state index in [2.05, 4.69) is 6.92 Å². The summed E-state index contributed by atoms with van der Waals surface area (Å²) < 4.78 is 55.5. The molecule has 148 valence electrons. The van der Waals surface area contributed by atoms with Gasteiger partial charge in [0.25, 0.3) is 0 Å². The zero-order chi connectivity index (χ0) is 19.8. The molecule has 1 saturated carbocycles. The maximum Gasteiger partial charge on any atom is 0.194 e. The summed E-state index contributed by atoms with van der Waals surface area (Å²) in [6, 6.07) is 8.96. The SMILES string of the molecule is CCC1CCC(c2ccc(C3=CCc4c(cc(F)c(F)c4F)C3)cc2)C(F)C1. The molecular formula is C24H24F4. The highest BCUT2D eigenvalue weighted by atomic mass is 19.2. The number of alkyl halides is 1. The van der Waals surface area contributed by atoms with Crippen molar-refractivity contribution in [2.24, 2.45) is 5.92 Å². The molecule has 1 fully saturated rings. The summed E-state index contributed by atoms with van der Waals surface area (Å²) in [6.45, 7) is 2.12. The molecule has 4 rings (SSSR count). The lowest BCUT2D eigenvalue weighted by Crippen LogP contribution is -2.24. The maximum absolute atomic E-state index is 14.6. The standard InChI is InChI=1S/C24H24F4/c1-2-14-3-9-19(21(25)11-14)16-6-4-15(5-7-16)17-8-10-20-18(12-17)13-22(26)24(28)23(20)27/h4-8,13-14,19,21H,2-3,9-12H2,1H3. The summed E-state index contributed by atoms with van der Waals surface area (Å²) in [7, 11) is 0. The fourth-order valence-electron chi connectivity index (χ4n) is 4.67. The molecule has 0 spiro atoms. The molecule has 4 heteroatoms. The predicted octanol–water partition coefficient (Wildman–Crippen LogP) is 6.92. The van der Waals surface area contributed by atoms with Gasteiger partial charge >= 0.3 is 0 Å². The van der Waals surface area contributed by atoms with Gasteiger partial charge in [-0.05, 0) is 71.9 Å². The van der Waals surface area contributed by atoms with E-state index in [0.717, 1.165) is 42.0 Å². The summed E-state index contributed by atoms with van der Waals surface area (Å²) >= 11 is 0. The zero-order valence-electron chi connectivity index (χ0n) is 16.0. The molecule has 0 heterocycles. The van der Waals surface area contributed by atoms with E-state index >= 15 is 0 Å². The van der Waals surface area contributed by atoms with Crippen molar-refractivity contribution in [3.63, 3.8) is 0 Å². The van der Waals surface area contributed by atoms with Crippen LogP contribution in [0.25, 0.3) is 5.57 Å². The molecule has 2 aliphatic carbocycles. The first-order valence-corrected chi connectivity index (χ1v) is 10.1. The predicted molar refractivity (Wildman–Crippen MR) is 103 cm³/mol. The first-order chi connectivity index (χ1) is 13.5. The van der Waals surface area contributed by atoms with Crippen LogP contribution in [-0.4, -0.2) is 6.17 Å². The van der Waals surface area contributed by atoms with Crippen LogP contribution in [0.15, 0.2) is 36.4 Å². The fourth-order valence-corrected chi connectivity index (χ4v) is 4.67. The van der Waals surface area contributed by atoms with E-state index in [9.17, 15) is 17.6 Å². The van der Waals surface area contributed by atoms with Gasteiger partial charge in [0, 0.05) is 5.92 Å². The van der Waals surface area contributed by atoms with E-state index in [-0.39, 0.29) is 17.9 Å². The van der Waals surface area contributed by atoms with Crippen molar-refractivity contribution in [1.29, 1.82) is 0 Å². The molecule has 2 aliphatic rings. The lowest BCUT2D eigenvalue weighted by molar-refractivity contribution is 0.166. The zero-order valence-corrected chi connectivity index (χ0v) is 16.0. The molecule has 2 aromatic carbocycles. The van der Waals surface area contributed by atoms with E-state index in [1.165, 1.54) is 0 Å². The molecule has 2 aromatic rings. The Bertz CT molecular complexity index is 898. The van der Waals surface area contributed by atoms with Gasteiger partial charge in [-0.15, -0.1) is 0 Å². The Balaban J connectivity index is 1.52. The van der Waals surface area contributed by atoms with Gasteiger partial charge in [-0.2, -0.15) is 0 Å². The molecule has 0 nitrogen and oxygen atoms in total. The van der Waals surface area contributed by atoms with Gasteiger partial charge < -0.3 is 0 Å². The smallest absolute Gasteiger partial charge is 0.194 e. The average molecular weight is 388 g/mol. The highest BCUT2D eigenvalue weighted by molar-refractivity contribution is 5.70. The van der Waals surface area contributed by atoms with Crippen molar-refractivity contribution in [2.45, 2.75) is 57.5 Å². The van der Waals surface area contributed by atoms with Gasteiger partial charge in [-0.25, -0.2) is 17.6 Å². The summed E-state index contributed by atoms with van der Waals surface area (Å²) in [5, 5.41) is 0. The Kier molecular flexibility index (Phi) is 5.31. The van der Waals surface area contributed by atoms with Crippen LogP contribution in [0.3, 0.4) is 0 Å². The second kappa shape index (κ2) is 7.73. The van der Waals surface area contributed by atoms with Crippen LogP contribution in [0, 0.1) is 23.4 Å². The summed E-state index contributed by atoms with van der Waals surface area (Å²) in [5.74, 6) is -3.20. The van der Waals surface area contributed by atoms with E-state index in [1.807, 2.05) is 30.3 Å². The first-order valence-electron chi connectivity index (χ1n) is 10.1. The van der Waals surface area contributed by atoms with Crippen molar-refractivity contribution in [2.75, 3.05) is 0 Å². The topological polar surface area (TPSA) is 0 Å². The fraction of sp³-hybridized carbons (Fsp3) is 0.417. The number of hydrogen-bond acceptors (Lipinski definition) is 0. The van der Waals surface area contributed by atoms with Gasteiger partial charge in [0.15, 0.2) is 17.5 Å². The molecular weight excluding hydrogens is 364 g/mol. The number of halogens is 4. The van der Waals surface area contributed by atoms with E-state index < -0.39 is 23.6 Å². The van der Waals surface area contributed by atoms with Crippen LogP contribution in [0.4, 0.5) is 17.6 Å². The monoisotopic (exact) mass is 388 g/mol. The molecule has 0 bridgehead atoms. The second-order valence-electron chi connectivity index (χ2n) is 8.07. The molecule has 0 amide bonds. The molecule has 0 aliphatic heterocycles. The highest BCUT2D eigenvalue weighted by Crippen LogP contribution is 2.39. The quantitative estimate of drug-likeness (QED) is 0.395. The maximum atomic E-state index is 14.6. The second-order valence-corrected chi connectivity index (χ2v) is 8.07. The van der Waals surface area contributed by atoms with Crippen molar-refractivity contribution in [3.8, 4) is 0 Å². The van der Waals surface area contributed by atoms with Crippen LogP contribution in [0.1, 0.15) is 60.8 Å². The minimum absolute atomic E-state index is 0.0518. The average Bonchev–Trinajstić information content (AvgIpc) is 2.72. The van der Waals surface area contributed by atoms with Crippen LogP contribution in [-0.2, 0) is 12.8 Å². The van der Waals surface area contributed by atoms with Crippen molar-refractivity contribution in [3.05, 3.63) is 76.1 Å². The number of fused-ring (bicyclic) bond motifs is 1. The summed E-state index contributed by atoms with van der Waals surface area (Å²) in [4.78, 5) is 0. The Morgan fingerprint density at radius 1 is 1.00 bits per heavy atom. The number of hydrogen-bond donors (Lipinski definition) is 0. The van der Waals surface area contributed by atoms with Gasteiger partial charge in [-0.1, -0.05) is 43.7 Å². The molecule has 3 unspecified atom stereocenters. The lowest BCUT2D eigenvalue weighted by Gasteiger charge is -2.31. The van der Waals surface area contributed by atoms with Crippen LogP contribution in [0.2, 0.25) is 0 Å². The minimum atomic E-state index is -1.40. The summed E-state index contributed by atoms with van der Waals surface area (Å²) in [6.07, 6.45) is 5.27. The molecule has 3 atom stereocenters. The van der Waals surface area contributed by atoms with Crippen LogP contribution >= 0.6 is 0 Å². The molecule has 0 aromatic heterocycles. The largest absolute Gasteiger partial charge is 0.247 e. The molecule has 0 N–H and O–H groups in total. The third kappa shape index (κ3) is 3.49. The third-order valence-corrected chi connectivity index (χ3v) is 6.46. The van der Waals surface area contributed by atoms with Crippen molar-refractivity contribution in [1.82, 2.24) is 0 Å². The first kappa shape index (κ1) is 19.2. The Morgan fingerprint density at radius 2 is 1.75 bits per heavy atom. The van der Waals surface area contributed by atoms with E-state index in [4.69, 9.17) is 0 Å². The Labute approximate surface area is 163 Å².